The van der Waals surface area contributed by atoms with E-state index in [1.807, 2.05) is 6.08 Å². The Morgan fingerprint density at radius 3 is 1.15 bits per heavy atom. The lowest BCUT2D eigenvalue weighted by Gasteiger charge is -2.18. The van der Waals surface area contributed by atoms with Gasteiger partial charge in [-0.05, 0) is 96.3 Å². The van der Waals surface area contributed by atoms with Gasteiger partial charge in [0, 0.05) is 19.4 Å². The number of ether oxygens (including phenoxy) is 3. The third-order valence-electron chi connectivity index (χ3n) is 11.3. The fraction of sp³-hybridized carbons (Fsp3) is 0.672. The Hall–Kier alpha value is -3.44. The van der Waals surface area contributed by atoms with Crippen LogP contribution in [0.3, 0.4) is 0 Å². The van der Waals surface area contributed by atoms with Gasteiger partial charge in [-0.15, -0.1) is 0 Å². The zero-order valence-electron chi connectivity index (χ0n) is 43.2. The molecule has 0 aliphatic rings. The van der Waals surface area contributed by atoms with Crippen molar-refractivity contribution in [3.05, 3.63) is 109 Å². The molecule has 66 heavy (non-hydrogen) atoms. The Morgan fingerprint density at radius 1 is 0.348 bits per heavy atom. The summed E-state index contributed by atoms with van der Waals surface area (Å²) in [4.78, 5) is 25.4. The topological polar surface area (TPSA) is 61.8 Å². The Kier molecular flexibility index (Phi) is 53.0. The van der Waals surface area contributed by atoms with Crippen molar-refractivity contribution in [2.75, 3.05) is 19.8 Å². The minimum atomic E-state index is -0.598. The maximum Gasteiger partial charge on any atom is 0.306 e. The van der Waals surface area contributed by atoms with Crippen molar-refractivity contribution >= 4 is 11.9 Å². The van der Waals surface area contributed by atoms with E-state index in [2.05, 4.69) is 124 Å². The summed E-state index contributed by atoms with van der Waals surface area (Å²) < 4.78 is 17.3. The van der Waals surface area contributed by atoms with Crippen LogP contribution in [0.25, 0.3) is 0 Å². The van der Waals surface area contributed by atoms with Crippen molar-refractivity contribution < 1.29 is 23.8 Å². The van der Waals surface area contributed by atoms with E-state index in [4.69, 9.17) is 14.2 Å². The highest BCUT2D eigenvalue weighted by Crippen LogP contribution is 2.14. The minimum absolute atomic E-state index is 0.0301. The van der Waals surface area contributed by atoms with E-state index in [0.29, 0.717) is 19.4 Å². The van der Waals surface area contributed by atoms with Crippen LogP contribution in [0.5, 0.6) is 0 Å². The highest BCUT2D eigenvalue weighted by Gasteiger charge is 2.17. The molecule has 0 saturated heterocycles. The summed E-state index contributed by atoms with van der Waals surface area (Å²) in [5, 5.41) is 0. The summed E-state index contributed by atoms with van der Waals surface area (Å²) in [7, 11) is 0. The van der Waals surface area contributed by atoms with Gasteiger partial charge in [0.05, 0.1) is 6.61 Å². The monoisotopic (exact) mass is 915 g/mol. The van der Waals surface area contributed by atoms with E-state index in [9.17, 15) is 9.59 Å². The number of rotatable bonds is 49. The molecule has 0 aliphatic heterocycles. The molecule has 0 aromatic carbocycles. The van der Waals surface area contributed by atoms with E-state index in [-0.39, 0.29) is 31.6 Å². The number of carbonyl (C=O) groups excluding carboxylic acids is 2. The summed E-state index contributed by atoms with van der Waals surface area (Å²) in [5.74, 6) is -0.541. The van der Waals surface area contributed by atoms with Crippen molar-refractivity contribution in [3.63, 3.8) is 0 Å². The summed E-state index contributed by atoms with van der Waals surface area (Å²) in [6, 6.07) is 0. The molecule has 0 amide bonds. The van der Waals surface area contributed by atoms with Crippen LogP contribution in [0.15, 0.2) is 109 Å². The number of allylic oxidation sites excluding steroid dienone is 18. The van der Waals surface area contributed by atoms with Crippen LogP contribution in [-0.2, 0) is 23.8 Å². The molecule has 0 heterocycles. The predicted octanol–water partition coefficient (Wildman–Crippen LogP) is 18.8. The molecular formula is C61H102O5. The Labute approximate surface area is 408 Å². The fourth-order valence-corrected chi connectivity index (χ4v) is 7.25. The van der Waals surface area contributed by atoms with Gasteiger partial charge in [-0.3, -0.25) is 9.59 Å². The molecule has 0 fully saturated rings. The third-order valence-corrected chi connectivity index (χ3v) is 11.3. The van der Waals surface area contributed by atoms with Crippen LogP contribution in [0.1, 0.15) is 239 Å². The van der Waals surface area contributed by atoms with Gasteiger partial charge < -0.3 is 14.2 Å². The SMILES string of the molecule is CC/C=C\C/C=C\C/C=C\C/C=C\CCCCC(=O)OC[C@@H](COCCCCCCCCCCCCCCCCCC)OC(=O)CC/C=C\C/C=C\C/C=C\C/C=C\C/C=C\CCCCC. The lowest BCUT2D eigenvalue weighted by Crippen LogP contribution is -2.30. The van der Waals surface area contributed by atoms with Crippen LogP contribution in [0, 0.1) is 0 Å². The molecule has 0 radical (unpaired) electrons. The quantitative estimate of drug-likeness (QED) is 0.0346. The van der Waals surface area contributed by atoms with E-state index >= 15 is 0 Å². The van der Waals surface area contributed by atoms with Gasteiger partial charge in [-0.2, -0.15) is 0 Å². The number of carbonyl (C=O) groups is 2. The second kappa shape index (κ2) is 55.9. The van der Waals surface area contributed by atoms with E-state index in [0.717, 1.165) is 83.5 Å². The smallest absolute Gasteiger partial charge is 0.306 e. The Bertz CT molecular complexity index is 1310. The average molecular weight is 915 g/mol. The summed E-state index contributed by atoms with van der Waals surface area (Å²) in [5.41, 5.74) is 0. The minimum Gasteiger partial charge on any atom is -0.462 e. The van der Waals surface area contributed by atoms with Crippen LogP contribution in [0.4, 0.5) is 0 Å². The van der Waals surface area contributed by atoms with Crippen molar-refractivity contribution in [2.45, 2.75) is 245 Å². The molecule has 5 heteroatoms. The first-order valence-corrected chi connectivity index (χ1v) is 27.4. The Balaban J connectivity index is 4.46. The second-order valence-corrected chi connectivity index (χ2v) is 17.8. The van der Waals surface area contributed by atoms with E-state index in [1.54, 1.807) is 0 Å². The third kappa shape index (κ3) is 53.2. The lowest BCUT2D eigenvalue weighted by atomic mass is 10.0. The van der Waals surface area contributed by atoms with E-state index in [1.165, 1.54) is 116 Å². The molecular weight excluding hydrogens is 813 g/mol. The zero-order valence-corrected chi connectivity index (χ0v) is 43.2. The molecule has 5 nitrogen and oxygen atoms in total. The molecule has 0 aromatic rings. The van der Waals surface area contributed by atoms with Gasteiger partial charge in [-0.1, -0.05) is 239 Å². The molecule has 0 bridgehead atoms. The lowest BCUT2D eigenvalue weighted by molar-refractivity contribution is -0.162. The first-order valence-electron chi connectivity index (χ1n) is 27.4. The molecule has 0 aromatic heterocycles. The zero-order chi connectivity index (χ0) is 47.7. The van der Waals surface area contributed by atoms with Crippen molar-refractivity contribution in [1.82, 2.24) is 0 Å². The summed E-state index contributed by atoms with van der Waals surface area (Å²) >= 11 is 0. The number of hydrogen-bond donors (Lipinski definition) is 0. The molecule has 0 spiro atoms. The fourth-order valence-electron chi connectivity index (χ4n) is 7.25. The van der Waals surface area contributed by atoms with Gasteiger partial charge in [0.25, 0.3) is 0 Å². The van der Waals surface area contributed by atoms with Gasteiger partial charge in [0.2, 0.25) is 0 Å². The van der Waals surface area contributed by atoms with E-state index < -0.39 is 6.10 Å². The van der Waals surface area contributed by atoms with Crippen LogP contribution in [-0.4, -0.2) is 37.9 Å². The predicted molar refractivity (Wildman–Crippen MR) is 288 cm³/mol. The molecule has 0 unspecified atom stereocenters. The van der Waals surface area contributed by atoms with Crippen LogP contribution < -0.4 is 0 Å². The molecule has 0 N–H and O–H groups in total. The first kappa shape index (κ1) is 62.6. The normalized spacial score (nSPS) is 13.1. The standard InChI is InChI=1S/C61H102O5/c1-4-7-10-13-16-19-22-25-28-30-31-32-34-37-40-43-46-49-52-55-61(63)66-59(57-64-56-53-50-47-44-41-38-35-29-26-23-20-17-14-11-8-5-2)58-65-60(62)54-51-48-45-42-39-36-33-27-24-21-18-15-12-9-6-3/h9,12,16,18-19,21,25,27-28,31-33,37,39-40,42,46,49,59H,4-8,10-11,13-15,17,20,22-24,26,29-30,34-36,38,41,43-45,47-48,50-58H2,1-3H3/b12-9-,19-16-,21-18-,28-25-,32-31-,33-27-,40-37-,42-39-,49-46-/t59-/m1/s1. The number of hydrogen-bond acceptors (Lipinski definition) is 5. The summed E-state index contributed by atoms with van der Waals surface area (Å²) in [6.07, 6.45) is 76.9. The van der Waals surface area contributed by atoms with Crippen molar-refractivity contribution in [2.24, 2.45) is 0 Å². The van der Waals surface area contributed by atoms with Gasteiger partial charge in [0.1, 0.15) is 6.61 Å². The molecule has 0 aliphatic carbocycles. The van der Waals surface area contributed by atoms with Crippen LogP contribution >= 0.6 is 0 Å². The van der Waals surface area contributed by atoms with Gasteiger partial charge in [-0.25, -0.2) is 0 Å². The number of esters is 2. The number of unbranched alkanes of at least 4 members (excludes halogenated alkanes) is 20. The van der Waals surface area contributed by atoms with Crippen molar-refractivity contribution in [3.8, 4) is 0 Å². The average Bonchev–Trinajstić information content (AvgIpc) is 3.32. The van der Waals surface area contributed by atoms with Gasteiger partial charge >= 0.3 is 11.9 Å². The maximum atomic E-state index is 12.8. The highest BCUT2D eigenvalue weighted by molar-refractivity contribution is 5.70. The largest absolute Gasteiger partial charge is 0.462 e. The molecule has 376 valence electrons. The Morgan fingerprint density at radius 2 is 0.712 bits per heavy atom. The maximum absolute atomic E-state index is 12.8. The second-order valence-electron chi connectivity index (χ2n) is 17.8. The first-order chi connectivity index (χ1) is 32.6. The molecule has 1 atom stereocenters. The molecule has 0 saturated carbocycles. The highest BCUT2D eigenvalue weighted by atomic mass is 16.6. The van der Waals surface area contributed by atoms with Crippen LogP contribution in [0.2, 0.25) is 0 Å². The van der Waals surface area contributed by atoms with Gasteiger partial charge in [0.15, 0.2) is 6.10 Å². The molecule has 0 rings (SSSR count). The van der Waals surface area contributed by atoms with Crippen molar-refractivity contribution in [1.29, 1.82) is 0 Å². The summed E-state index contributed by atoms with van der Waals surface area (Å²) in [6.45, 7) is 7.57.